The highest BCUT2D eigenvalue weighted by atomic mass is 32.1. The van der Waals surface area contributed by atoms with Crippen molar-refractivity contribution in [2.75, 3.05) is 69.1 Å². The van der Waals surface area contributed by atoms with E-state index in [0.29, 0.717) is 42.4 Å². The molecule has 2 aliphatic rings. The molecule has 0 atom stereocenters. The van der Waals surface area contributed by atoms with Crippen LogP contribution in [0.2, 0.25) is 0 Å². The second-order valence-corrected chi connectivity index (χ2v) is 13.0. The second kappa shape index (κ2) is 14.8. The third kappa shape index (κ3) is 9.36. The van der Waals surface area contributed by atoms with Crippen LogP contribution in [0, 0.1) is 17.7 Å². The molecule has 256 valence electrons. The first-order valence-corrected chi connectivity index (χ1v) is 16.2. The lowest BCUT2D eigenvalue weighted by Crippen LogP contribution is -2.36. The summed E-state index contributed by atoms with van der Waals surface area (Å²) in [6.07, 6.45) is -6.32. The Morgan fingerprint density at radius 2 is 1.72 bits per heavy atom. The zero-order valence-corrected chi connectivity index (χ0v) is 26.9. The topological polar surface area (TPSA) is 49.0 Å². The summed E-state index contributed by atoms with van der Waals surface area (Å²) in [5, 5.41) is 6.81. The molecule has 6 nitrogen and oxygen atoms in total. The second-order valence-electron chi connectivity index (χ2n) is 12.0. The predicted octanol–water partition coefficient (Wildman–Crippen LogP) is 7.67. The van der Waals surface area contributed by atoms with Gasteiger partial charge in [0.2, 0.25) is 0 Å². The van der Waals surface area contributed by atoms with Crippen molar-refractivity contribution in [3.63, 3.8) is 0 Å². The first-order chi connectivity index (χ1) is 22.3. The molecule has 5 rings (SSSR count). The Bertz CT molecular complexity index is 1580. The Morgan fingerprint density at radius 3 is 2.38 bits per heavy atom. The summed E-state index contributed by atoms with van der Waals surface area (Å²) in [6, 6.07) is 8.21. The Morgan fingerprint density at radius 1 is 1.00 bits per heavy atom. The van der Waals surface area contributed by atoms with Crippen LogP contribution in [0.15, 0.2) is 30.3 Å². The quantitative estimate of drug-likeness (QED) is 0.178. The van der Waals surface area contributed by atoms with Crippen LogP contribution in [0.5, 0.6) is 5.75 Å². The van der Waals surface area contributed by atoms with Gasteiger partial charge in [0.25, 0.3) is 0 Å². The fourth-order valence-corrected chi connectivity index (χ4v) is 7.16. The molecule has 1 aromatic heterocycles. The van der Waals surface area contributed by atoms with E-state index < -0.39 is 31.2 Å². The number of thiophene rings is 1. The molecule has 47 heavy (non-hydrogen) atoms. The van der Waals surface area contributed by atoms with Gasteiger partial charge in [0.15, 0.2) is 6.61 Å². The smallest absolute Gasteiger partial charge is 0.422 e. The average Bonchev–Trinajstić information content (AvgIpc) is 3.35. The summed E-state index contributed by atoms with van der Waals surface area (Å²) in [7, 11) is 4.12. The van der Waals surface area contributed by atoms with Crippen LogP contribution in [0.1, 0.15) is 36.1 Å². The molecule has 1 saturated heterocycles. The van der Waals surface area contributed by atoms with Gasteiger partial charge in [0, 0.05) is 37.3 Å². The first-order valence-electron chi connectivity index (χ1n) is 15.4. The molecular formula is C33H37F7N4O2S. The lowest BCUT2D eigenvalue weighted by atomic mass is 9.90. The number of benzene rings is 2. The van der Waals surface area contributed by atoms with Gasteiger partial charge in [-0.15, -0.1) is 11.3 Å². The summed E-state index contributed by atoms with van der Waals surface area (Å²) in [6.45, 7) is -0.360. The first kappa shape index (κ1) is 34.9. The minimum Gasteiger partial charge on any atom is -0.482 e. The molecule has 2 heterocycles. The minimum atomic E-state index is -4.63. The molecule has 0 bridgehead atoms. The number of nitrogens with one attached hydrogen (secondary N) is 2. The van der Waals surface area contributed by atoms with E-state index in [4.69, 9.17) is 9.47 Å². The number of rotatable bonds is 9. The maximum Gasteiger partial charge on any atom is 0.422 e. The zero-order chi connectivity index (χ0) is 33.8. The summed E-state index contributed by atoms with van der Waals surface area (Å²) in [4.78, 5) is 4.11. The van der Waals surface area contributed by atoms with Crippen LogP contribution in [-0.4, -0.2) is 82.9 Å². The van der Waals surface area contributed by atoms with Crippen LogP contribution in [0.4, 0.5) is 47.8 Å². The number of ether oxygens (including phenoxy) is 2. The number of hydrogen-bond donors (Lipinski definition) is 2. The Balaban J connectivity index is 1.38. The molecule has 1 saturated carbocycles. The molecule has 0 amide bonds. The summed E-state index contributed by atoms with van der Waals surface area (Å²) >= 11 is 1.17. The van der Waals surface area contributed by atoms with Gasteiger partial charge in [-0.2, -0.15) is 26.3 Å². The van der Waals surface area contributed by atoms with Crippen LogP contribution in [0.25, 0.3) is 10.1 Å². The van der Waals surface area contributed by atoms with Gasteiger partial charge in [0.1, 0.15) is 11.6 Å². The summed E-state index contributed by atoms with van der Waals surface area (Å²) in [5.41, 5.74) is 0.859. The van der Waals surface area contributed by atoms with Gasteiger partial charge in [-0.1, -0.05) is 24.0 Å². The molecule has 2 N–H and O–H groups in total. The van der Waals surface area contributed by atoms with Gasteiger partial charge < -0.3 is 29.9 Å². The Kier molecular flexibility index (Phi) is 11.0. The average molecular weight is 687 g/mol. The number of alkyl halides is 6. The van der Waals surface area contributed by atoms with Gasteiger partial charge in [0.05, 0.1) is 52.8 Å². The lowest BCUT2D eigenvalue weighted by Gasteiger charge is -2.33. The van der Waals surface area contributed by atoms with Crippen molar-refractivity contribution in [3.05, 3.63) is 46.6 Å². The fourth-order valence-electron chi connectivity index (χ4n) is 5.99. The van der Waals surface area contributed by atoms with Gasteiger partial charge in [-0.25, -0.2) is 4.39 Å². The van der Waals surface area contributed by atoms with Crippen molar-refractivity contribution >= 4 is 38.5 Å². The number of halogens is 7. The summed E-state index contributed by atoms with van der Waals surface area (Å²) < 4.78 is 106. The maximum absolute atomic E-state index is 15.1. The van der Waals surface area contributed by atoms with Gasteiger partial charge >= 0.3 is 12.4 Å². The van der Waals surface area contributed by atoms with E-state index in [-0.39, 0.29) is 40.2 Å². The van der Waals surface area contributed by atoms with Crippen LogP contribution in [0.3, 0.4) is 0 Å². The van der Waals surface area contributed by atoms with Gasteiger partial charge in [-0.05, 0) is 56.8 Å². The van der Waals surface area contributed by atoms with Crippen LogP contribution in [-0.2, 0) is 11.2 Å². The SMILES string of the molecule is CN(C)C1CCC(Nc2cccc3c(CC(F)(F)F)c(C#CCNc4cc(F)c(N5CCOCC5)cc4OCC(F)(F)F)sc23)CC1. The largest absolute Gasteiger partial charge is 0.482 e. The number of morpholine rings is 1. The van der Waals surface area contributed by atoms with E-state index in [1.165, 1.54) is 17.4 Å². The van der Waals surface area contributed by atoms with E-state index in [9.17, 15) is 26.3 Å². The Hall–Kier alpha value is -3.41. The monoisotopic (exact) mass is 686 g/mol. The van der Waals surface area contributed by atoms with E-state index in [2.05, 4.69) is 41.5 Å². The lowest BCUT2D eigenvalue weighted by molar-refractivity contribution is -0.153. The van der Waals surface area contributed by atoms with Crippen molar-refractivity contribution in [1.29, 1.82) is 0 Å². The van der Waals surface area contributed by atoms with Crippen molar-refractivity contribution in [1.82, 2.24) is 4.90 Å². The fraction of sp³-hybridized carbons (Fsp3) is 0.515. The van der Waals surface area contributed by atoms with Crippen LogP contribution < -0.4 is 20.3 Å². The molecule has 14 heteroatoms. The number of fused-ring (bicyclic) bond motifs is 1. The maximum atomic E-state index is 15.1. The zero-order valence-electron chi connectivity index (χ0n) is 26.1. The highest BCUT2D eigenvalue weighted by molar-refractivity contribution is 7.20. The van der Waals surface area contributed by atoms with E-state index in [1.54, 1.807) is 17.0 Å². The molecule has 1 aliphatic heterocycles. The molecule has 0 unspecified atom stereocenters. The van der Waals surface area contributed by atoms with E-state index in [0.717, 1.165) is 37.4 Å². The number of nitrogens with zero attached hydrogens (tertiary/aromatic N) is 2. The van der Waals surface area contributed by atoms with Crippen molar-refractivity contribution in [2.45, 2.75) is 56.5 Å². The third-order valence-electron chi connectivity index (χ3n) is 8.34. The van der Waals surface area contributed by atoms with Crippen molar-refractivity contribution < 1.29 is 40.2 Å². The number of hydrogen-bond acceptors (Lipinski definition) is 7. The highest BCUT2D eigenvalue weighted by Crippen LogP contribution is 2.40. The standard InChI is InChI=1S/C33H37F7N4O2S/c1-43(2)22-10-8-21(9-11-22)42-26-6-3-5-23-24(19-32(35,36)37)30(47-31(23)26)7-4-12-41-27-17-25(34)28(44-13-15-45-16-14-44)18-29(27)46-20-33(38,39)40/h3,5-6,17-18,21-22,41-42H,8-16,19-20H2,1-2H3. The van der Waals surface area contributed by atoms with E-state index >= 15 is 4.39 Å². The van der Waals surface area contributed by atoms with Crippen molar-refractivity contribution in [3.8, 4) is 17.6 Å². The molecule has 0 radical (unpaired) electrons. The Labute approximate surface area is 273 Å². The molecule has 0 spiro atoms. The normalized spacial score (nSPS) is 19.1. The van der Waals surface area contributed by atoms with E-state index in [1.807, 2.05) is 6.07 Å². The van der Waals surface area contributed by atoms with Crippen molar-refractivity contribution in [2.24, 2.45) is 0 Å². The molecule has 1 aliphatic carbocycles. The molecular weight excluding hydrogens is 649 g/mol. The highest BCUT2D eigenvalue weighted by Gasteiger charge is 2.32. The summed E-state index contributed by atoms with van der Waals surface area (Å²) in [5.74, 6) is 4.72. The number of anilines is 3. The minimum absolute atomic E-state index is 0.0552. The van der Waals surface area contributed by atoms with Crippen LogP contribution >= 0.6 is 11.3 Å². The van der Waals surface area contributed by atoms with Gasteiger partial charge in [-0.3, -0.25) is 0 Å². The third-order valence-corrected chi connectivity index (χ3v) is 9.54. The molecule has 2 aromatic carbocycles. The molecule has 3 aromatic rings. The molecule has 2 fully saturated rings. The predicted molar refractivity (Wildman–Crippen MR) is 171 cm³/mol.